The van der Waals surface area contributed by atoms with Crippen LogP contribution < -0.4 is 0 Å². The zero-order valence-electron chi connectivity index (χ0n) is 60.5. The summed E-state index contributed by atoms with van der Waals surface area (Å²) in [6, 6.07) is 111. The standard InChI is InChI=1S/3C33H23N3/c1-33(2)27-14-5-3-12-24(27)25-17-18-30-31(32(25)33)26-13-4-6-16-29(26)36(30)23-11-7-9-21(19-23)28-15-8-10-22(20-34)35-28;1-33(2)27-12-5-3-10-24(27)25-15-17-30-31(32(25)33)26-11-4-6-13-29(26)36(30)23-9-7-8-22(18-23)28-16-14-21(19-34)20-35-28;1-33(2)27-12-5-3-10-24(27)25-14-15-30-31(32(25)33)26-11-4-6-13-29(26)36(30)23-9-7-8-22(19-23)28-18-21(20-34)16-17-35-28/h3-19H,1-2H3;3-18,20H,1-2H3;3-19H,1-2H3. The maximum atomic E-state index is 9.35. The molecule has 0 unspecified atom stereocenters. The van der Waals surface area contributed by atoms with E-state index in [1.54, 1.807) is 24.5 Å². The van der Waals surface area contributed by atoms with Gasteiger partial charge < -0.3 is 13.7 Å². The van der Waals surface area contributed by atoms with Crippen molar-refractivity contribution in [2.75, 3.05) is 0 Å². The number of aromatic nitrogens is 6. The van der Waals surface area contributed by atoms with E-state index < -0.39 is 0 Å². The largest absolute Gasteiger partial charge is 0.309 e. The summed E-state index contributed by atoms with van der Waals surface area (Å²) < 4.78 is 7.10. The molecule has 12 aromatic carbocycles. The van der Waals surface area contributed by atoms with Crippen LogP contribution >= 0.6 is 0 Å². The van der Waals surface area contributed by atoms with Crippen molar-refractivity contribution in [1.29, 1.82) is 15.8 Å². The summed E-state index contributed by atoms with van der Waals surface area (Å²) in [5, 5.41) is 35.6. The number of fused-ring (bicyclic) bond motifs is 21. The van der Waals surface area contributed by atoms with Gasteiger partial charge in [-0.15, -0.1) is 0 Å². The first-order valence-corrected chi connectivity index (χ1v) is 36.6. The average molecular weight is 1380 g/mol. The van der Waals surface area contributed by atoms with E-state index in [1.807, 2.05) is 30.3 Å². The SMILES string of the molecule is CC1(C)c2ccccc2-c2ccc3c(c21)c1ccccc1n3-c1cccc(-c2cc(C#N)ccn2)c1.CC1(C)c2ccccc2-c2ccc3c(c21)c1ccccc1n3-c1cccc(-c2ccc(C#N)cn2)c1.CC1(C)c2ccccc2-c2ccc3c(c21)c1ccccc1n3-c1cccc(-c2cccc(C#N)n2)c1. The van der Waals surface area contributed by atoms with Gasteiger partial charge in [-0.3, -0.25) is 9.97 Å². The zero-order valence-corrected chi connectivity index (χ0v) is 60.5. The van der Waals surface area contributed by atoms with Crippen LogP contribution in [0.5, 0.6) is 0 Å². The highest BCUT2D eigenvalue weighted by Gasteiger charge is 2.41. The Bertz CT molecular complexity index is 6670. The van der Waals surface area contributed by atoms with Gasteiger partial charge in [0, 0.05) is 94.7 Å². The molecule has 0 spiro atoms. The second-order valence-electron chi connectivity index (χ2n) is 30.0. The van der Waals surface area contributed by atoms with Gasteiger partial charge in [-0.2, -0.15) is 15.8 Å². The van der Waals surface area contributed by atoms with E-state index in [1.165, 1.54) is 132 Å². The molecule has 0 N–H and O–H groups in total. The number of nitrogens with zero attached hydrogens (tertiary/aromatic N) is 9. The number of pyridine rings is 3. The lowest BCUT2D eigenvalue weighted by atomic mass is 9.80. The van der Waals surface area contributed by atoms with Gasteiger partial charge in [-0.05, 0) is 176 Å². The van der Waals surface area contributed by atoms with Gasteiger partial charge in [0.05, 0.1) is 67.4 Å². The second-order valence-corrected chi connectivity index (χ2v) is 30.0. The summed E-state index contributed by atoms with van der Waals surface area (Å²) in [5.74, 6) is 0. The van der Waals surface area contributed by atoms with Crippen LogP contribution in [0.1, 0.15) is 91.7 Å². The fourth-order valence-corrected chi connectivity index (χ4v) is 18.2. The third-order valence-corrected chi connectivity index (χ3v) is 22.9. The maximum absolute atomic E-state index is 9.35. The van der Waals surface area contributed by atoms with E-state index in [4.69, 9.17) is 5.26 Å². The smallest absolute Gasteiger partial charge is 0.141 e. The van der Waals surface area contributed by atoms with Crippen LogP contribution in [0.15, 0.2) is 310 Å². The highest BCUT2D eigenvalue weighted by molar-refractivity contribution is 6.17. The van der Waals surface area contributed by atoms with Crippen LogP contribution in [0.3, 0.4) is 0 Å². The summed E-state index contributed by atoms with van der Waals surface area (Å²) in [7, 11) is 0. The summed E-state index contributed by atoms with van der Waals surface area (Å²) in [6.07, 6.45) is 3.33. The van der Waals surface area contributed by atoms with Crippen molar-refractivity contribution in [1.82, 2.24) is 28.7 Å². The van der Waals surface area contributed by atoms with Crippen LogP contribution in [0, 0.1) is 34.0 Å². The highest BCUT2D eigenvalue weighted by atomic mass is 15.0. The van der Waals surface area contributed by atoms with E-state index in [0.717, 1.165) is 50.8 Å². The molecule has 0 fully saturated rings. The van der Waals surface area contributed by atoms with Crippen LogP contribution in [0.2, 0.25) is 0 Å². The van der Waals surface area contributed by atoms with Gasteiger partial charge in [0.2, 0.25) is 0 Å². The first-order chi connectivity index (χ1) is 52.7. The third kappa shape index (κ3) is 9.92. The number of hydrogen-bond acceptors (Lipinski definition) is 6. The van der Waals surface area contributed by atoms with Crippen molar-refractivity contribution in [2.45, 2.75) is 57.8 Å². The van der Waals surface area contributed by atoms with Gasteiger partial charge in [0.1, 0.15) is 17.8 Å². The number of rotatable bonds is 6. The van der Waals surface area contributed by atoms with E-state index in [2.05, 4.69) is 343 Å². The number of benzene rings is 12. The second kappa shape index (κ2) is 24.8. The fraction of sp³-hybridized carbons (Fsp3) is 0.0909. The van der Waals surface area contributed by atoms with E-state index >= 15 is 0 Å². The Kier molecular flexibility index (Phi) is 14.9. The Morgan fingerprint density at radius 2 is 0.676 bits per heavy atom. The summed E-state index contributed by atoms with van der Waals surface area (Å²) in [6.45, 7) is 14.1. The Balaban J connectivity index is 0.000000110. The summed E-state index contributed by atoms with van der Waals surface area (Å²) >= 11 is 0. The Morgan fingerprint density at radius 3 is 1.08 bits per heavy atom. The predicted octanol–water partition coefficient (Wildman–Crippen LogP) is 24.1. The normalized spacial score (nSPS) is 13.5. The van der Waals surface area contributed by atoms with Gasteiger partial charge in [0.15, 0.2) is 0 Å². The molecule has 0 saturated carbocycles. The van der Waals surface area contributed by atoms with Crippen LogP contribution in [-0.2, 0) is 16.2 Å². The van der Waals surface area contributed by atoms with Gasteiger partial charge in [0.25, 0.3) is 0 Å². The van der Waals surface area contributed by atoms with Crippen LogP contribution in [0.4, 0.5) is 0 Å². The topological polar surface area (TPSA) is 125 Å². The average Bonchev–Trinajstić information content (AvgIpc) is 1.55. The lowest BCUT2D eigenvalue weighted by molar-refractivity contribution is 0.666. The fourth-order valence-electron chi connectivity index (χ4n) is 18.2. The maximum Gasteiger partial charge on any atom is 0.141 e. The quantitative estimate of drug-likeness (QED) is 0.163. The molecule has 9 nitrogen and oxygen atoms in total. The molecule has 0 atom stereocenters. The molecule has 6 heterocycles. The predicted molar refractivity (Wildman–Crippen MR) is 439 cm³/mol. The molecule has 0 saturated heterocycles. The summed E-state index contributed by atoms with van der Waals surface area (Å²) in [5.41, 5.74) is 33.6. The van der Waals surface area contributed by atoms with Crippen LogP contribution in [-0.4, -0.2) is 28.7 Å². The summed E-state index contributed by atoms with van der Waals surface area (Å²) in [4.78, 5) is 13.6. The highest BCUT2D eigenvalue weighted by Crippen LogP contribution is 2.57. The molecule has 0 aliphatic heterocycles. The third-order valence-electron chi connectivity index (χ3n) is 22.9. The minimum absolute atomic E-state index is 0.0886. The molecule has 0 bridgehead atoms. The molecular formula is C99H69N9. The van der Waals surface area contributed by atoms with Crippen LogP contribution in [0.25, 0.3) is 150 Å². The number of nitriles is 3. The monoisotopic (exact) mass is 1380 g/mol. The molecule has 108 heavy (non-hydrogen) atoms. The zero-order chi connectivity index (χ0) is 73.3. The van der Waals surface area contributed by atoms with Gasteiger partial charge in [-0.25, -0.2) is 4.98 Å². The van der Waals surface area contributed by atoms with Crippen molar-refractivity contribution < 1.29 is 0 Å². The van der Waals surface area contributed by atoms with Crippen molar-refractivity contribution in [3.05, 3.63) is 360 Å². The molecule has 3 aliphatic carbocycles. The minimum Gasteiger partial charge on any atom is -0.309 e. The van der Waals surface area contributed by atoms with Crippen molar-refractivity contribution in [3.63, 3.8) is 0 Å². The van der Waals surface area contributed by atoms with E-state index in [-0.39, 0.29) is 16.2 Å². The molecule has 0 amide bonds. The van der Waals surface area contributed by atoms with E-state index in [9.17, 15) is 10.5 Å². The van der Waals surface area contributed by atoms with Crippen molar-refractivity contribution in [2.24, 2.45) is 0 Å². The molecule has 6 aromatic heterocycles. The van der Waals surface area contributed by atoms with Crippen molar-refractivity contribution in [3.8, 4) is 102 Å². The molecule has 9 heteroatoms. The molecular weight excluding hydrogens is 1320 g/mol. The lowest BCUT2D eigenvalue weighted by Gasteiger charge is -2.22. The number of para-hydroxylation sites is 3. The Morgan fingerprint density at radius 1 is 0.287 bits per heavy atom. The number of hydrogen-bond donors (Lipinski definition) is 0. The van der Waals surface area contributed by atoms with Crippen molar-refractivity contribution >= 4 is 65.4 Å². The lowest BCUT2D eigenvalue weighted by Crippen LogP contribution is -2.15. The van der Waals surface area contributed by atoms with Gasteiger partial charge in [-0.1, -0.05) is 230 Å². The van der Waals surface area contributed by atoms with Gasteiger partial charge >= 0.3 is 0 Å². The Labute approximate surface area is 626 Å². The Hall–Kier alpha value is -14.0. The first-order valence-electron chi connectivity index (χ1n) is 36.6. The molecule has 510 valence electrons. The molecule has 3 aliphatic rings. The molecule has 0 radical (unpaired) electrons. The first kappa shape index (κ1) is 64.8. The molecule has 18 aromatic rings. The minimum atomic E-state index is -0.0934. The van der Waals surface area contributed by atoms with E-state index in [0.29, 0.717) is 16.8 Å². The molecule has 21 rings (SSSR count).